The number of aryl methyl sites for hydroxylation is 2. The number of benzene rings is 1. The molecule has 4 rings (SSSR count). The van der Waals surface area contributed by atoms with Crippen LogP contribution in [0.2, 0.25) is 0 Å². The number of carbonyl (C=O) groups is 1. The lowest BCUT2D eigenvalue weighted by atomic mass is 10.2. The quantitative estimate of drug-likeness (QED) is 0.696. The molecule has 1 amide bonds. The van der Waals surface area contributed by atoms with Crippen LogP contribution in [-0.2, 0) is 26.1 Å². The number of aromatic nitrogens is 2. The Bertz CT molecular complexity index is 1010. The van der Waals surface area contributed by atoms with Crippen molar-refractivity contribution < 1.29 is 17.9 Å². The van der Waals surface area contributed by atoms with Crippen molar-refractivity contribution in [3.8, 4) is 0 Å². The van der Waals surface area contributed by atoms with Gasteiger partial charge in [-0.2, -0.15) is 9.40 Å². The summed E-state index contributed by atoms with van der Waals surface area (Å²) in [6.07, 6.45) is 3.75. The first-order valence-electron chi connectivity index (χ1n) is 10.3. The number of sulfonamides is 1. The molecule has 0 bridgehead atoms. The van der Waals surface area contributed by atoms with Gasteiger partial charge in [0.1, 0.15) is 6.61 Å². The SMILES string of the molecule is Cc1cc(C)cc(S(=O)(=O)N2Cc3ccnn3[C@H](COCC(=O)N3CCCC3)C2)c1. The molecule has 0 aliphatic carbocycles. The summed E-state index contributed by atoms with van der Waals surface area (Å²) in [4.78, 5) is 14.3. The van der Waals surface area contributed by atoms with Crippen LogP contribution in [-0.4, -0.2) is 66.2 Å². The topological polar surface area (TPSA) is 84.7 Å². The Kier molecular flexibility index (Phi) is 5.95. The monoisotopic (exact) mass is 432 g/mol. The van der Waals surface area contributed by atoms with Gasteiger partial charge in [-0.25, -0.2) is 8.42 Å². The molecule has 1 atom stereocenters. The maximum atomic E-state index is 13.3. The Morgan fingerprint density at radius 3 is 2.57 bits per heavy atom. The number of hydrogen-bond acceptors (Lipinski definition) is 5. The molecule has 0 saturated carbocycles. The van der Waals surface area contributed by atoms with Crippen LogP contribution < -0.4 is 0 Å². The Morgan fingerprint density at radius 1 is 1.17 bits per heavy atom. The first kappa shape index (κ1) is 21.0. The zero-order valence-electron chi connectivity index (χ0n) is 17.5. The van der Waals surface area contributed by atoms with E-state index in [-0.39, 0.29) is 38.3 Å². The van der Waals surface area contributed by atoms with Crippen LogP contribution in [0.4, 0.5) is 0 Å². The predicted octanol–water partition coefficient (Wildman–Crippen LogP) is 1.88. The number of fused-ring (bicyclic) bond motifs is 1. The molecule has 1 saturated heterocycles. The lowest BCUT2D eigenvalue weighted by molar-refractivity contribution is -0.135. The van der Waals surface area contributed by atoms with Crippen LogP contribution in [0.15, 0.2) is 35.4 Å². The number of likely N-dealkylation sites (tertiary alicyclic amines) is 1. The fourth-order valence-electron chi connectivity index (χ4n) is 4.23. The van der Waals surface area contributed by atoms with Crippen molar-refractivity contribution >= 4 is 15.9 Å². The number of amides is 1. The molecule has 3 heterocycles. The predicted molar refractivity (Wildman–Crippen MR) is 111 cm³/mol. The van der Waals surface area contributed by atoms with Gasteiger partial charge < -0.3 is 9.64 Å². The minimum Gasteiger partial charge on any atom is -0.369 e. The van der Waals surface area contributed by atoms with Crippen molar-refractivity contribution in [2.24, 2.45) is 0 Å². The van der Waals surface area contributed by atoms with Gasteiger partial charge in [-0.3, -0.25) is 9.48 Å². The number of ether oxygens (including phenoxy) is 1. The minimum absolute atomic E-state index is 0.0105. The van der Waals surface area contributed by atoms with Gasteiger partial charge in [0.2, 0.25) is 15.9 Å². The van der Waals surface area contributed by atoms with Gasteiger partial charge in [0.15, 0.2) is 0 Å². The third-order valence-electron chi connectivity index (χ3n) is 5.68. The van der Waals surface area contributed by atoms with Crippen molar-refractivity contribution in [2.45, 2.75) is 44.2 Å². The molecule has 9 heteroatoms. The summed E-state index contributed by atoms with van der Waals surface area (Å²) < 4.78 is 35.6. The zero-order chi connectivity index (χ0) is 21.3. The van der Waals surface area contributed by atoms with E-state index in [0.717, 1.165) is 42.8 Å². The first-order valence-corrected chi connectivity index (χ1v) is 11.7. The Hall–Kier alpha value is -2.23. The van der Waals surface area contributed by atoms with Crippen LogP contribution in [0, 0.1) is 13.8 Å². The minimum atomic E-state index is -3.65. The molecular formula is C21H28N4O4S. The maximum absolute atomic E-state index is 13.3. The van der Waals surface area contributed by atoms with E-state index in [4.69, 9.17) is 4.74 Å². The molecule has 30 heavy (non-hydrogen) atoms. The Balaban J connectivity index is 1.48. The molecule has 162 valence electrons. The number of carbonyl (C=O) groups excluding carboxylic acids is 1. The summed E-state index contributed by atoms with van der Waals surface area (Å²) in [7, 11) is -3.65. The summed E-state index contributed by atoms with van der Waals surface area (Å²) in [5, 5.41) is 4.35. The van der Waals surface area contributed by atoms with Gasteiger partial charge in [-0.05, 0) is 56.0 Å². The van der Waals surface area contributed by atoms with Crippen LogP contribution in [0.1, 0.15) is 35.7 Å². The smallest absolute Gasteiger partial charge is 0.248 e. The van der Waals surface area contributed by atoms with Crippen molar-refractivity contribution in [2.75, 3.05) is 32.8 Å². The number of hydrogen-bond donors (Lipinski definition) is 0. The number of nitrogens with zero attached hydrogens (tertiary/aromatic N) is 4. The fraction of sp³-hybridized carbons (Fsp3) is 0.524. The highest BCUT2D eigenvalue weighted by molar-refractivity contribution is 7.89. The highest BCUT2D eigenvalue weighted by Crippen LogP contribution is 2.27. The van der Waals surface area contributed by atoms with E-state index in [2.05, 4.69) is 5.10 Å². The van der Waals surface area contributed by atoms with E-state index in [1.165, 1.54) is 4.31 Å². The van der Waals surface area contributed by atoms with Crippen molar-refractivity contribution in [1.29, 1.82) is 0 Å². The fourth-order valence-corrected chi connectivity index (χ4v) is 5.87. The van der Waals surface area contributed by atoms with Crippen LogP contribution in [0.5, 0.6) is 0 Å². The average Bonchev–Trinajstić information content (AvgIpc) is 3.39. The van der Waals surface area contributed by atoms with E-state index < -0.39 is 10.0 Å². The molecule has 0 unspecified atom stereocenters. The summed E-state index contributed by atoms with van der Waals surface area (Å²) in [6.45, 7) is 6.12. The lowest BCUT2D eigenvalue weighted by Gasteiger charge is -2.33. The van der Waals surface area contributed by atoms with Crippen molar-refractivity contribution in [3.63, 3.8) is 0 Å². The molecule has 2 aliphatic rings. The molecular weight excluding hydrogens is 404 g/mol. The molecule has 2 aliphatic heterocycles. The van der Waals surface area contributed by atoms with Gasteiger partial charge in [-0.15, -0.1) is 0 Å². The summed E-state index contributed by atoms with van der Waals surface area (Å²) in [5.74, 6) is -0.0105. The second-order valence-corrected chi connectivity index (χ2v) is 10.1. The third kappa shape index (κ3) is 4.28. The second kappa shape index (κ2) is 8.49. The van der Waals surface area contributed by atoms with E-state index in [1.54, 1.807) is 18.3 Å². The molecule has 1 fully saturated rings. The molecule has 0 spiro atoms. The van der Waals surface area contributed by atoms with Crippen LogP contribution in [0.25, 0.3) is 0 Å². The van der Waals surface area contributed by atoms with Crippen LogP contribution >= 0.6 is 0 Å². The normalized spacial score (nSPS) is 19.8. The zero-order valence-corrected chi connectivity index (χ0v) is 18.3. The second-order valence-electron chi connectivity index (χ2n) is 8.14. The molecule has 2 aromatic rings. The third-order valence-corrected chi connectivity index (χ3v) is 7.47. The molecule has 0 N–H and O–H groups in total. The van der Waals surface area contributed by atoms with E-state index in [0.29, 0.717) is 4.90 Å². The highest BCUT2D eigenvalue weighted by atomic mass is 32.2. The van der Waals surface area contributed by atoms with E-state index in [1.807, 2.05) is 35.6 Å². The van der Waals surface area contributed by atoms with Crippen molar-refractivity contribution in [1.82, 2.24) is 19.0 Å². The van der Waals surface area contributed by atoms with Gasteiger partial charge in [0.05, 0.1) is 29.8 Å². The highest BCUT2D eigenvalue weighted by Gasteiger charge is 2.34. The molecule has 1 aromatic heterocycles. The largest absolute Gasteiger partial charge is 0.369 e. The average molecular weight is 433 g/mol. The lowest BCUT2D eigenvalue weighted by Crippen LogP contribution is -2.43. The van der Waals surface area contributed by atoms with Gasteiger partial charge >= 0.3 is 0 Å². The first-order chi connectivity index (χ1) is 14.3. The Labute approximate surface area is 177 Å². The standard InChI is InChI=1S/C21H28N4O4S/c1-16-9-17(2)11-20(10-16)30(27,28)24-12-18-5-6-22-25(18)19(13-24)14-29-15-21(26)23-7-3-4-8-23/h5-6,9-11,19H,3-4,7-8,12-15H2,1-2H3/t19-/m0/s1. The van der Waals surface area contributed by atoms with E-state index in [9.17, 15) is 13.2 Å². The molecule has 0 radical (unpaired) electrons. The summed E-state index contributed by atoms with van der Waals surface area (Å²) >= 11 is 0. The summed E-state index contributed by atoms with van der Waals surface area (Å²) in [5.41, 5.74) is 2.64. The van der Waals surface area contributed by atoms with Crippen LogP contribution in [0.3, 0.4) is 0 Å². The maximum Gasteiger partial charge on any atom is 0.248 e. The van der Waals surface area contributed by atoms with Gasteiger partial charge in [0.25, 0.3) is 0 Å². The van der Waals surface area contributed by atoms with Gasteiger partial charge in [-0.1, -0.05) is 6.07 Å². The number of rotatable bonds is 6. The van der Waals surface area contributed by atoms with Crippen molar-refractivity contribution in [3.05, 3.63) is 47.3 Å². The molecule has 8 nitrogen and oxygen atoms in total. The van der Waals surface area contributed by atoms with E-state index >= 15 is 0 Å². The summed E-state index contributed by atoms with van der Waals surface area (Å²) in [6, 6.07) is 6.91. The molecule has 1 aromatic carbocycles. The van der Waals surface area contributed by atoms with Gasteiger partial charge in [0, 0.05) is 25.8 Å². The Morgan fingerprint density at radius 2 is 1.87 bits per heavy atom.